The van der Waals surface area contributed by atoms with Gasteiger partial charge < -0.3 is 9.64 Å². The van der Waals surface area contributed by atoms with Gasteiger partial charge in [-0.2, -0.15) is 13.2 Å². The minimum Gasteiger partial charge on any atom is -0.433 e. The zero-order valence-electron chi connectivity index (χ0n) is 13.4. The first kappa shape index (κ1) is 17.4. The van der Waals surface area contributed by atoms with E-state index in [1.165, 1.54) is 4.90 Å². The number of alkyl halides is 3. The SMILES string of the molecule is CC(C)C1CCN(C(=O)OC2(C(F)(F)F)CCCCC2)CC1. The van der Waals surface area contributed by atoms with Gasteiger partial charge in [0.05, 0.1) is 0 Å². The summed E-state index contributed by atoms with van der Waals surface area (Å²) in [5.41, 5.74) is -2.27. The summed E-state index contributed by atoms with van der Waals surface area (Å²) < 4.78 is 45.2. The molecule has 2 rings (SSSR count). The van der Waals surface area contributed by atoms with Crippen molar-refractivity contribution < 1.29 is 22.7 Å². The second kappa shape index (κ2) is 6.67. The number of likely N-dealkylation sites (tertiary alicyclic amines) is 1. The van der Waals surface area contributed by atoms with E-state index in [1.54, 1.807) is 0 Å². The maximum atomic E-state index is 13.4. The number of hydrogen-bond donors (Lipinski definition) is 0. The Kier molecular flexibility index (Phi) is 5.28. The van der Waals surface area contributed by atoms with Crippen LogP contribution in [-0.4, -0.2) is 35.9 Å². The zero-order valence-corrected chi connectivity index (χ0v) is 13.4. The van der Waals surface area contributed by atoms with Gasteiger partial charge in [0.1, 0.15) is 0 Å². The highest BCUT2D eigenvalue weighted by Crippen LogP contribution is 2.45. The molecule has 2 fully saturated rings. The summed E-state index contributed by atoms with van der Waals surface area (Å²) >= 11 is 0. The number of rotatable bonds is 2. The molecule has 0 atom stereocenters. The second-order valence-corrected chi connectivity index (χ2v) is 6.99. The predicted octanol–water partition coefficient (Wildman–Crippen LogP) is 4.76. The van der Waals surface area contributed by atoms with E-state index in [1.807, 2.05) is 0 Å². The van der Waals surface area contributed by atoms with Crippen LogP contribution in [0.15, 0.2) is 0 Å². The molecular weight excluding hydrogens is 295 g/mol. The van der Waals surface area contributed by atoms with Crippen molar-refractivity contribution in [3.8, 4) is 0 Å². The fourth-order valence-corrected chi connectivity index (χ4v) is 3.55. The molecule has 3 nitrogen and oxygen atoms in total. The van der Waals surface area contributed by atoms with Crippen molar-refractivity contribution in [3.05, 3.63) is 0 Å². The minimum absolute atomic E-state index is 0.106. The Morgan fingerprint density at radius 1 is 1.14 bits per heavy atom. The van der Waals surface area contributed by atoms with Crippen LogP contribution in [0.1, 0.15) is 58.8 Å². The van der Waals surface area contributed by atoms with E-state index >= 15 is 0 Å². The van der Waals surface area contributed by atoms with Crippen LogP contribution in [0.5, 0.6) is 0 Å². The number of piperidine rings is 1. The van der Waals surface area contributed by atoms with Gasteiger partial charge in [-0.1, -0.05) is 20.3 Å². The summed E-state index contributed by atoms with van der Waals surface area (Å²) in [5.74, 6) is 1.08. The van der Waals surface area contributed by atoms with Gasteiger partial charge in [-0.15, -0.1) is 0 Å². The van der Waals surface area contributed by atoms with E-state index in [0.29, 0.717) is 37.8 Å². The van der Waals surface area contributed by atoms with Crippen molar-refractivity contribution in [3.63, 3.8) is 0 Å². The molecule has 6 heteroatoms. The highest BCUT2D eigenvalue weighted by Gasteiger charge is 2.58. The Labute approximate surface area is 130 Å². The van der Waals surface area contributed by atoms with Crippen molar-refractivity contribution in [1.29, 1.82) is 0 Å². The monoisotopic (exact) mass is 321 g/mol. The Morgan fingerprint density at radius 3 is 2.14 bits per heavy atom. The van der Waals surface area contributed by atoms with Crippen LogP contribution in [0.2, 0.25) is 0 Å². The van der Waals surface area contributed by atoms with Crippen molar-refractivity contribution in [2.24, 2.45) is 11.8 Å². The van der Waals surface area contributed by atoms with Crippen molar-refractivity contribution in [2.45, 2.75) is 70.6 Å². The van der Waals surface area contributed by atoms with Crippen LogP contribution in [0, 0.1) is 11.8 Å². The van der Waals surface area contributed by atoms with Crippen LogP contribution in [0.4, 0.5) is 18.0 Å². The Bertz CT molecular complexity index is 381. The molecule has 2 aliphatic rings. The lowest BCUT2D eigenvalue weighted by Gasteiger charge is -2.40. The molecule has 1 saturated heterocycles. The molecule has 0 aromatic rings. The molecule has 128 valence electrons. The van der Waals surface area contributed by atoms with Crippen LogP contribution >= 0.6 is 0 Å². The number of amides is 1. The molecule has 0 aromatic heterocycles. The van der Waals surface area contributed by atoms with E-state index in [0.717, 1.165) is 19.3 Å². The highest BCUT2D eigenvalue weighted by atomic mass is 19.4. The molecule has 0 bridgehead atoms. The Balaban J connectivity index is 1.98. The maximum absolute atomic E-state index is 13.4. The average Bonchev–Trinajstić information content (AvgIpc) is 2.47. The molecule has 0 unspecified atom stereocenters. The van der Waals surface area contributed by atoms with Gasteiger partial charge in [0.15, 0.2) is 0 Å². The summed E-state index contributed by atoms with van der Waals surface area (Å²) in [6.07, 6.45) is -2.12. The molecule has 22 heavy (non-hydrogen) atoms. The molecule has 1 aliphatic heterocycles. The Hall–Kier alpha value is -0.940. The zero-order chi connectivity index (χ0) is 16.4. The molecule has 1 amide bonds. The molecule has 0 N–H and O–H groups in total. The van der Waals surface area contributed by atoms with Gasteiger partial charge in [-0.3, -0.25) is 0 Å². The molecule has 0 aromatic carbocycles. The van der Waals surface area contributed by atoms with Crippen LogP contribution in [0.25, 0.3) is 0 Å². The first-order valence-electron chi connectivity index (χ1n) is 8.30. The standard InChI is InChI=1S/C16H26F3NO2/c1-12(2)13-6-10-20(11-7-13)14(21)22-15(16(17,18)19)8-4-3-5-9-15/h12-13H,3-11H2,1-2H3. The van der Waals surface area contributed by atoms with Crippen LogP contribution < -0.4 is 0 Å². The number of hydrogen-bond acceptors (Lipinski definition) is 2. The lowest BCUT2D eigenvalue weighted by molar-refractivity contribution is -0.270. The average molecular weight is 321 g/mol. The highest BCUT2D eigenvalue weighted by molar-refractivity contribution is 5.68. The fraction of sp³-hybridized carbons (Fsp3) is 0.938. The van der Waals surface area contributed by atoms with E-state index in [4.69, 9.17) is 4.74 Å². The summed E-state index contributed by atoms with van der Waals surface area (Å²) in [4.78, 5) is 13.6. The maximum Gasteiger partial charge on any atom is 0.428 e. The van der Waals surface area contributed by atoms with Gasteiger partial charge in [0.25, 0.3) is 0 Å². The van der Waals surface area contributed by atoms with Crippen molar-refractivity contribution in [1.82, 2.24) is 4.90 Å². The molecule has 1 saturated carbocycles. The molecule has 0 spiro atoms. The van der Waals surface area contributed by atoms with Crippen LogP contribution in [0.3, 0.4) is 0 Å². The third kappa shape index (κ3) is 3.69. The summed E-state index contributed by atoms with van der Waals surface area (Å²) in [5, 5.41) is 0. The van der Waals surface area contributed by atoms with E-state index in [-0.39, 0.29) is 12.8 Å². The summed E-state index contributed by atoms with van der Waals surface area (Å²) in [6.45, 7) is 5.27. The smallest absolute Gasteiger partial charge is 0.428 e. The summed E-state index contributed by atoms with van der Waals surface area (Å²) in [6, 6.07) is 0. The number of nitrogens with zero attached hydrogens (tertiary/aromatic N) is 1. The number of carbonyl (C=O) groups is 1. The van der Waals surface area contributed by atoms with E-state index in [9.17, 15) is 18.0 Å². The molecule has 1 heterocycles. The fourth-order valence-electron chi connectivity index (χ4n) is 3.55. The third-order valence-electron chi connectivity index (χ3n) is 5.20. The quantitative estimate of drug-likeness (QED) is 0.734. The molecular formula is C16H26F3NO2. The minimum atomic E-state index is -4.49. The van der Waals surface area contributed by atoms with E-state index < -0.39 is 17.9 Å². The number of carbonyl (C=O) groups excluding carboxylic acids is 1. The van der Waals surface area contributed by atoms with E-state index in [2.05, 4.69) is 13.8 Å². The van der Waals surface area contributed by atoms with Gasteiger partial charge >= 0.3 is 12.3 Å². The normalized spacial score (nSPS) is 23.6. The molecule has 0 radical (unpaired) electrons. The lowest BCUT2D eigenvalue weighted by atomic mass is 9.84. The van der Waals surface area contributed by atoms with Gasteiger partial charge in [0, 0.05) is 13.1 Å². The van der Waals surface area contributed by atoms with Crippen LogP contribution in [-0.2, 0) is 4.74 Å². The lowest BCUT2D eigenvalue weighted by Crippen LogP contribution is -2.53. The Morgan fingerprint density at radius 2 is 1.68 bits per heavy atom. The number of halogens is 3. The summed E-state index contributed by atoms with van der Waals surface area (Å²) in [7, 11) is 0. The van der Waals surface area contributed by atoms with Gasteiger partial charge in [-0.25, -0.2) is 4.79 Å². The number of ether oxygens (including phenoxy) is 1. The second-order valence-electron chi connectivity index (χ2n) is 6.99. The largest absolute Gasteiger partial charge is 0.433 e. The van der Waals surface area contributed by atoms with Gasteiger partial charge in [0.2, 0.25) is 5.60 Å². The first-order valence-corrected chi connectivity index (χ1v) is 8.30. The topological polar surface area (TPSA) is 29.5 Å². The van der Waals surface area contributed by atoms with Crippen molar-refractivity contribution in [2.75, 3.05) is 13.1 Å². The molecule has 1 aliphatic carbocycles. The predicted molar refractivity (Wildman–Crippen MR) is 77.5 cm³/mol. The first-order chi connectivity index (χ1) is 10.3. The van der Waals surface area contributed by atoms with Crippen molar-refractivity contribution >= 4 is 6.09 Å². The third-order valence-corrected chi connectivity index (χ3v) is 5.20. The van der Waals surface area contributed by atoms with Gasteiger partial charge in [-0.05, 0) is 50.4 Å².